The van der Waals surface area contributed by atoms with Gasteiger partial charge < -0.3 is 0 Å². The molecular weight excluding hydrogens is 208 g/mol. The van der Waals surface area contributed by atoms with E-state index in [-0.39, 0.29) is 5.78 Å². The van der Waals surface area contributed by atoms with E-state index in [0.717, 1.165) is 11.1 Å². The second-order valence-electron chi connectivity index (χ2n) is 4.46. The Hall–Kier alpha value is -1.89. The summed E-state index contributed by atoms with van der Waals surface area (Å²) < 4.78 is 0. The van der Waals surface area contributed by atoms with Gasteiger partial charge in [0.05, 0.1) is 0 Å². The first-order chi connectivity index (χ1) is 8.08. The predicted molar refractivity (Wildman–Crippen MR) is 71.4 cm³/mol. The fraction of sp³-hybridized carbons (Fsp3) is 0.188. The third-order valence-electron chi connectivity index (χ3n) is 2.97. The van der Waals surface area contributed by atoms with Crippen molar-refractivity contribution in [2.75, 3.05) is 0 Å². The molecule has 0 aliphatic carbocycles. The number of carbonyl (C=O) groups excluding carboxylic acids is 1. The molecule has 0 aromatic heterocycles. The predicted octanol–water partition coefficient (Wildman–Crippen LogP) is 4.17. The third-order valence-corrected chi connectivity index (χ3v) is 2.97. The van der Waals surface area contributed by atoms with Crippen LogP contribution in [0.4, 0.5) is 0 Å². The van der Waals surface area contributed by atoms with Crippen LogP contribution in [-0.2, 0) is 0 Å². The van der Waals surface area contributed by atoms with E-state index in [9.17, 15) is 4.79 Å². The van der Waals surface area contributed by atoms with Gasteiger partial charge in [0.2, 0.25) is 0 Å². The summed E-state index contributed by atoms with van der Waals surface area (Å²) >= 11 is 0. The Kier molecular flexibility index (Phi) is 3.10. The number of aryl methyl sites for hydroxylation is 2. The molecule has 0 aliphatic heterocycles. The lowest BCUT2D eigenvalue weighted by Gasteiger charge is -2.08. The highest BCUT2D eigenvalue weighted by Gasteiger charge is 2.06. The SMILES string of the molecule is CC(=O)c1ccc(C)c(-c2cccc(C)c2)c1. The number of Topliss-reactive ketones (excluding diaryl/α,β-unsaturated/α-hetero) is 1. The topological polar surface area (TPSA) is 17.1 Å². The zero-order valence-corrected chi connectivity index (χ0v) is 10.4. The minimum Gasteiger partial charge on any atom is -0.295 e. The summed E-state index contributed by atoms with van der Waals surface area (Å²) in [6.45, 7) is 5.75. The second kappa shape index (κ2) is 4.54. The lowest BCUT2D eigenvalue weighted by Crippen LogP contribution is -1.94. The van der Waals surface area contributed by atoms with Crippen LogP contribution < -0.4 is 0 Å². The molecular formula is C16H16O. The van der Waals surface area contributed by atoms with E-state index < -0.39 is 0 Å². The van der Waals surface area contributed by atoms with E-state index in [0.29, 0.717) is 0 Å². The van der Waals surface area contributed by atoms with Crippen LogP contribution in [0.5, 0.6) is 0 Å². The Labute approximate surface area is 102 Å². The van der Waals surface area contributed by atoms with E-state index in [2.05, 4.69) is 32.0 Å². The minimum atomic E-state index is 0.110. The van der Waals surface area contributed by atoms with Crippen LogP contribution in [0, 0.1) is 13.8 Å². The molecule has 0 radical (unpaired) electrons. The van der Waals surface area contributed by atoms with Crippen molar-refractivity contribution in [3.63, 3.8) is 0 Å². The smallest absolute Gasteiger partial charge is 0.159 e. The summed E-state index contributed by atoms with van der Waals surface area (Å²) in [5.41, 5.74) is 5.51. The third kappa shape index (κ3) is 2.44. The minimum absolute atomic E-state index is 0.110. The second-order valence-corrected chi connectivity index (χ2v) is 4.46. The summed E-state index contributed by atoms with van der Waals surface area (Å²) in [4.78, 5) is 11.4. The summed E-state index contributed by atoms with van der Waals surface area (Å²) in [5, 5.41) is 0. The van der Waals surface area contributed by atoms with Crippen molar-refractivity contribution < 1.29 is 4.79 Å². The highest BCUT2D eigenvalue weighted by Crippen LogP contribution is 2.25. The van der Waals surface area contributed by atoms with Gasteiger partial charge in [-0.15, -0.1) is 0 Å². The number of carbonyl (C=O) groups is 1. The van der Waals surface area contributed by atoms with Crippen LogP contribution in [0.2, 0.25) is 0 Å². The maximum Gasteiger partial charge on any atom is 0.159 e. The normalized spacial score (nSPS) is 10.3. The molecule has 0 heterocycles. The molecule has 0 saturated carbocycles. The van der Waals surface area contributed by atoms with Gasteiger partial charge >= 0.3 is 0 Å². The Morgan fingerprint density at radius 3 is 2.41 bits per heavy atom. The molecule has 2 rings (SSSR count). The monoisotopic (exact) mass is 224 g/mol. The van der Waals surface area contributed by atoms with Crippen LogP contribution >= 0.6 is 0 Å². The largest absolute Gasteiger partial charge is 0.295 e. The lowest BCUT2D eigenvalue weighted by atomic mass is 9.96. The molecule has 2 aromatic rings. The maximum atomic E-state index is 11.4. The zero-order chi connectivity index (χ0) is 12.4. The Morgan fingerprint density at radius 1 is 1.00 bits per heavy atom. The van der Waals surface area contributed by atoms with Gasteiger partial charge in [0.25, 0.3) is 0 Å². The number of benzene rings is 2. The quantitative estimate of drug-likeness (QED) is 0.699. The first-order valence-electron chi connectivity index (χ1n) is 5.76. The molecule has 0 N–H and O–H groups in total. The van der Waals surface area contributed by atoms with Gasteiger partial charge in [-0.3, -0.25) is 4.79 Å². The van der Waals surface area contributed by atoms with Crippen molar-refractivity contribution in [2.45, 2.75) is 20.8 Å². The fourth-order valence-corrected chi connectivity index (χ4v) is 1.96. The maximum absolute atomic E-state index is 11.4. The summed E-state index contributed by atoms with van der Waals surface area (Å²) in [7, 11) is 0. The fourth-order valence-electron chi connectivity index (χ4n) is 1.96. The van der Waals surface area contributed by atoms with Gasteiger partial charge in [-0.2, -0.15) is 0 Å². The lowest BCUT2D eigenvalue weighted by molar-refractivity contribution is 0.101. The highest BCUT2D eigenvalue weighted by molar-refractivity contribution is 5.95. The standard InChI is InChI=1S/C16H16O/c1-11-5-4-6-15(9-11)16-10-14(13(3)17)8-7-12(16)2/h4-10H,1-3H3. The van der Waals surface area contributed by atoms with Gasteiger partial charge in [-0.05, 0) is 43.5 Å². The summed E-state index contributed by atoms with van der Waals surface area (Å²) in [6.07, 6.45) is 0. The molecule has 0 bridgehead atoms. The van der Waals surface area contributed by atoms with Crippen molar-refractivity contribution in [2.24, 2.45) is 0 Å². The number of hydrogen-bond acceptors (Lipinski definition) is 1. The van der Waals surface area contributed by atoms with Crippen LogP contribution in [0.1, 0.15) is 28.4 Å². The van der Waals surface area contributed by atoms with Gasteiger partial charge in [-0.1, -0.05) is 42.0 Å². The molecule has 0 saturated heterocycles. The summed E-state index contributed by atoms with van der Waals surface area (Å²) in [5.74, 6) is 0.110. The molecule has 2 aromatic carbocycles. The first kappa shape index (κ1) is 11.6. The van der Waals surface area contributed by atoms with Crippen LogP contribution in [0.15, 0.2) is 42.5 Å². The number of rotatable bonds is 2. The van der Waals surface area contributed by atoms with Crippen molar-refractivity contribution in [3.05, 3.63) is 59.2 Å². The Morgan fingerprint density at radius 2 is 1.76 bits per heavy atom. The molecule has 1 nitrogen and oxygen atoms in total. The van der Waals surface area contributed by atoms with Crippen LogP contribution in [-0.4, -0.2) is 5.78 Å². The molecule has 0 amide bonds. The zero-order valence-electron chi connectivity index (χ0n) is 10.4. The molecule has 0 spiro atoms. The number of ketones is 1. The van der Waals surface area contributed by atoms with Crippen molar-refractivity contribution in [1.82, 2.24) is 0 Å². The van der Waals surface area contributed by atoms with E-state index in [1.54, 1.807) is 6.92 Å². The van der Waals surface area contributed by atoms with Crippen LogP contribution in [0.25, 0.3) is 11.1 Å². The van der Waals surface area contributed by atoms with E-state index in [1.807, 2.05) is 24.3 Å². The first-order valence-corrected chi connectivity index (χ1v) is 5.76. The van der Waals surface area contributed by atoms with E-state index in [1.165, 1.54) is 16.7 Å². The Bertz CT molecular complexity index is 567. The molecule has 0 atom stereocenters. The van der Waals surface area contributed by atoms with Gasteiger partial charge in [-0.25, -0.2) is 0 Å². The van der Waals surface area contributed by atoms with Crippen molar-refractivity contribution in [1.29, 1.82) is 0 Å². The molecule has 86 valence electrons. The van der Waals surface area contributed by atoms with Gasteiger partial charge in [0.15, 0.2) is 5.78 Å². The van der Waals surface area contributed by atoms with Gasteiger partial charge in [0.1, 0.15) is 0 Å². The average molecular weight is 224 g/mol. The molecule has 1 heteroatoms. The molecule has 0 aliphatic rings. The average Bonchev–Trinajstić information content (AvgIpc) is 2.29. The Balaban J connectivity index is 2.58. The van der Waals surface area contributed by atoms with Crippen molar-refractivity contribution >= 4 is 5.78 Å². The summed E-state index contributed by atoms with van der Waals surface area (Å²) in [6, 6.07) is 14.2. The molecule has 0 fully saturated rings. The van der Waals surface area contributed by atoms with E-state index in [4.69, 9.17) is 0 Å². The molecule has 17 heavy (non-hydrogen) atoms. The van der Waals surface area contributed by atoms with Crippen molar-refractivity contribution in [3.8, 4) is 11.1 Å². The molecule has 0 unspecified atom stereocenters. The highest BCUT2D eigenvalue weighted by atomic mass is 16.1. The van der Waals surface area contributed by atoms with E-state index >= 15 is 0 Å². The van der Waals surface area contributed by atoms with Gasteiger partial charge in [0, 0.05) is 5.56 Å². The van der Waals surface area contributed by atoms with Crippen LogP contribution in [0.3, 0.4) is 0 Å². The number of hydrogen-bond donors (Lipinski definition) is 0.